The zero-order chi connectivity index (χ0) is 13.8. The molecule has 0 saturated heterocycles. The minimum atomic E-state index is -1.40. The number of carboxylic acids is 1. The second kappa shape index (κ2) is 5.66. The standard InChI is InChI=1S/C12H9FN2O3S/c1-19-10-5-9(14-6-15-10)18-8-4-2-3-7(13)11(8)12(16)17/h2-6H,1H3,(H,16,17). The molecule has 0 aliphatic rings. The Bertz CT molecular complexity index is 622. The molecule has 1 heterocycles. The van der Waals surface area contributed by atoms with Crippen LogP contribution in [-0.2, 0) is 0 Å². The van der Waals surface area contributed by atoms with Gasteiger partial charge in [0, 0.05) is 6.07 Å². The number of nitrogens with zero attached hydrogens (tertiary/aromatic N) is 2. The highest BCUT2D eigenvalue weighted by atomic mass is 32.2. The lowest BCUT2D eigenvalue weighted by Gasteiger charge is -2.08. The number of carboxylic acid groups (broad SMARTS) is 1. The smallest absolute Gasteiger partial charge is 0.342 e. The third kappa shape index (κ3) is 3.00. The predicted molar refractivity (Wildman–Crippen MR) is 67.2 cm³/mol. The normalized spacial score (nSPS) is 10.2. The lowest BCUT2D eigenvalue weighted by atomic mass is 10.2. The molecule has 1 N–H and O–H groups in total. The number of aromatic carboxylic acids is 1. The highest BCUT2D eigenvalue weighted by Crippen LogP contribution is 2.27. The van der Waals surface area contributed by atoms with E-state index in [-0.39, 0.29) is 11.6 Å². The summed E-state index contributed by atoms with van der Waals surface area (Å²) in [5.74, 6) is -2.19. The van der Waals surface area contributed by atoms with Crippen molar-refractivity contribution >= 4 is 17.7 Å². The second-order valence-electron chi connectivity index (χ2n) is 3.42. The van der Waals surface area contributed by atoms with Crippen LogP contribution in [0.15, 0.2) is 35.6 Å². The van der Waals surface area contributed by atoms with Crippen molar-refractivity contribution in [3.05, 3.63) is 42.0 Å². The molecule has 2 rings (SSSR count). The van der Waals surface area contributed by atoms with Crippen LogP contribution in [0.5, 0.6) is 11.6 Å². The number of benzene rings is 1. The van der Waals surface area contributed by atoms with Crippen molar-refractivity contribution in [2.24, 2.45) is 0 Å². The van der Waals surface area contributed by atoms with Crippen LogP contribution < -0.4 is 4.74 Å². The summed E-state index contributed by atoms with van der Waals surface area (Å²) in [7, 11) is 0. The van der Waals surface area contributed by atoms with Gasteiger partial charge in [-0.3, -0.25) is 0 Å². The number of hydrogen-bond donors (Lipinski definition) is 1. The molecule has 5 nitrogen and oxygen atoms in total. The van der Waals surface area contributed by atoms with Crippen molar-refractivity contribution in [3.8, 4) is 11.6 Å². The van der Waals surface area contributed by atoms with Gasteiger partial charge in [-0.05, 0) is 18.4 Å². The van der Waals surface area contributed by atoms with Gasteiger partial charge in [0.05, 0.1) is 0 Å². The summed E-state index contributed by atoms with van der Waals surface area (Å²) < 4.78 is 18.8. The molecule has 19 heavy (non-hydrogen) atoms. The Kier molecular flexibility index (Phi) is 3.96. The molecule has 0 atom stereocenters. The summed E-state index contributed by atoms with van der Waals surface area (Å²) in [6.45, 7) is 0. The molecule has 2 aromatic rings. The molecule has 0 fully saturated rings. The van der Waals surface area contributed by atoms with Gasteiger partial charge in [-0.25, -0.2) is 19.2 Å². The number of rotatable bonds is 4. The third-order valence-corrected chi connectivity index (χ3v) is 2.87. The lowest BCUT2D eigenvalue weighted by molar-refractivity contribution is 0.0689. The minimum absolute atomic E-state index is 0.0988. The summed E-state index contributed by atoms with van der Waals surface area (Å²) in [5.41, 5.74) is -0.521. The van der Waals surface area contributed by atoms with E-state index in [4.69, 9.17) is 9.84 Å². The summed E-state index contributed by atoms with van der Waals surface area (Å²) in [5, 5.41) is 9.63. The van der Waals surface area contributed by atoms with Crippen molar-refractivity contribution in [1.29, 1.82) is 0 Å². The fourth-order valence-corrected chi connectivity index (χ4v) is 1.77. The van der Waals surface area contributed by atoms with Crippen LogP contribution in [0.1, 0.15) is 10.4 Å². The van der Waals surface area contributed by atoms with E-state index in [1.165, 1.54) is 30.2 Å². The van der Waals surface area contributed by atoms with E-state index in [1.54, 1.807) is 6.07 Å². The largest absolute Gasteiger partial charge is 0.477 e. The average molecular weight is 280 g/mol. The Balaban J connectivity index is 2.38. The average Bonchev–Trinajstić information content (AvgIpc) is 2.38. The minimum Gasteiger partial charge on any atom is -0.477 e. The Hall–Kier alpha value is -2.15. The van der Waals surface area contributed by atoms with E-state index >= 15 is 0 Å². The van der Waals surface area contributed by atoms with E-state index in [0.717, 1.165) is 6.07 Å². The van der Waals surface area contributed by atoms with Gasteiger partial charge in [0.15, 0.2) is 0 Å². The van der Waals surface area contributed by atoms with Crippen molar-refractivity contribution in [1.82, 2.24) is 9.97 Å². The molecule has 1 aromatic heterocycles. The third-order valence-electron chi connectivity index (χ3n) is 2.23. The summed E-state index contributed by atoms with van der Waals surface area (Å²) in [6, 6.07) is 5.34. The molecular weight excluding hydrogens is 271 g/mol. The van der Waals surface area contributed by atoms with Crippen LogP contribution in [0, 0.1) is 5.82 Å². The lowest BCUT2D eigenvalue weighted by Crippen LogP contribution is -2.04. The predicted octanol–water partition coefficient (Wildman–Crippen LogP) is 2.83. The van der Waals surface area contributed by atoms with Crippen molar-refractivity contribution < 1.29 is 19.0 Å². The van der Waals surface area contributed by atoms with Crippen LogP contribution >= 0.6 is 11.8 Å². The number of thioether (sulfide) groups is 1. The fraction of sp³-hybridized carbons (Fsp3) is 0.0833. The van der Waals surface area contributed by atoms with E-state index in [0.29, 0.717) is 5.03 Å². The Labute approximate surface area is 112 Å². The van der Waals surface area contributed by atoms with Crippen LogP contribution in [0.25, 0.3) is 0 Å². The number of halogens is 1. The molecule has 0 bridgehead atoms. The van der Waals surface area contributed by atoms with Crippen molar-refractivity contribution in [3.63, 3.8) is 0 Å². The van der Waals surface area contributed by atoms with E-state index in [1.807, 2.05) is 6.26 Å². The number of ether oxygens (including phenoxy) is 1. The molecule has 1 aromatic carbocycles. The molecule has 0 radical (unpaired) electrons. The Morgan fingerprint density at radius 2 is 2.21 bits per heavy atom. The molecule has 0 unspecified atom stereocenters. The molecule has 0 aliphatic heterocycles. The van der Waals surface area contributed by atoms with Gasteiger partial charge in [-0.1, -0.05) is 6.07 Å². The van der Waals surface area contributed by atoms with Crippen LogP contribution in [0.4, 0.5) is 4.39 Å². The van der Waals surface area contributed by atoms with E-state index < -0.39 is 17.3 Å². The maximum Gasteiger partial charge on any atom is 0.342 e. The highest BCUT2D eigenvalue weighted by molar-refractivity contribution is 7.98. The Morgan fingerprint density at radius 3 is 2.89 bits per heavy atom. The number of carbonyl (C=O) groups is 1. The first-order valence-corrected chi connectivity index (χ1v) is 6.40. The quantitative estimate of drug-likeness (QED) is 0.686. The second-order valence-corrected chi connectivity index (χ2v) is 4.25. The van der Waals surface area contributed by atoms with Gasteiger partial charge in [0.2, 0.25) is 5.88 Å². The van der Waals surface area contributed by atoms with Gasteiger partial charge in [-0.15, -0.1) is 11.8 Å². The van der Waals surface area contributed by atoms with Gasteiger partial charge < -0.3 is 9.84 Å². The van der Waals surface area contributed by atoms with Gasteiger partial charge >= 0.3 is 5.97 Å². The molecular formula is C12H9FN2O3S. The molecule has 7 heteroatoms. The first kappa shape index (κ1) is 13.3. The zero-order valence-corrected chi connectivity index (χ0v) is 10.6. The first-order chi connectivity index (χ1) is 9.11. The van der Waals surface area contributed by atoms with E-state index in [9.17, 15) is 9.18 Å². The first-order valence-electron chi connectivity index (χ1n) is 5.17. The monoisotopic (exact) mass is 280 g/mol. The summed E-state index contributed by atoms with van der Waals surface area (Å²) in [4.78, 5) is 18.8. The maximum atomic E-state index is 13.5. The number of aromatic nitrogens is 2. The molecule has 0 saturated carbocycles. The van der Waals surface area contributed by atoms with Crippen molar-refractivity contribution in [2.45, 2.75) is 5.03 Å². The SMILES string of the molecule is CSc1cc(Oc2cccc(F)c2C(=O)O)ncn1. The van der Waals surface area contributed by atoms with Crippen molar-refractivity contribution in [2.75, 3.05) is 6.26 Å². The van der Waals surface area contributed by atoms with Crippen LogP contribution in [0.2, 0.25) is 0 Å². The Morgan fingerprint density at radius 1 is 1.42 bits per heavy atom. The maximum absolute atomic E-state index is 13.5. The molecule has 98 valence electrons. The molecule has 0 aliphatic carbocycles. The van der Waals surface area contributed by atoms with E-state index in [2.05, 4.69) is 9.97 Å². The van der Waals surface area contributed by atoms with Gasteiger partial charge in [0.25, 0.3) is 0 Å². The topological polar surface area (TPSA) is 72.3 Å². The fourth-order valence-electron chi connectivity index (χ4n) is 1.40. The van der Waals surface area contributed by atoms with Crippen LogP contribution in [-0.4, -0.2) is 27.3 Å². The molecule has 0 spiro atoms. The van der Waals surface area contributed by atoms with Gasteiger partial charge in [0.1, 0.15) is 28.5 Å². The summed E-state index contributed by atoms with van der Waals surface area (Å²) >= 11 is 1.39. The highest BCUT2D eigenvalue weighted by Gasteiger charge is 2.17. The van der Waals surface area contributed by atoms with Gasteiger partial charge in [-0.2, -0.15) is 0 Å². The van der Waals surface area contributed by atoms with Crippen LogP contribution in [0.3, 0.4) is 0 Å². The number of hydrogen-bond acceptors (Lipinski definition) is 5. The summed E-state index contributed by atoms with van der Waals surface area (Å²) in [6.07, 6.45) is 3.12. The molecule has 0 amide bonds. The zero-order valence-electron chi connectivity index (χ0n) is 9.83.